The first-order chi connectivity index (χ1) is 9.82. The van der Waals surface area contributed by atoms with Gasteiger partial charge in [0.25, 0.3) is 5.91 Å². The van der Waals surface area contributed by atoms with E-state index in [1.54, 1.807) is 6.92 Å². The van der Waals surface area contributed by atoms with Crippen LogP contribution in [0.4, 0.5) is 0 Å². The summed E-state index contributed by atoms with van der Waals surface area (Å²) in [6.45, 7) is 7.85. The van der Waals surface area contributed by atoms with Gasteiger partial charge in [-0.05, 0) is 63.3 Å². The maximum atomic E-state index is 12.2. The zero-order chi connectivity index (χ0) is 15.6. The molecular weight excluding hydrogens is 264 g/mol. The first-order valence-corrected chi connectivity index (χ1v) is 7.69. The lowest BCUT2D eigenvalue weighted by atomic mass is 10.0. The van der Waals surface area contributed by atoms with Gasteiger partial charge in [0, 0.05) is 11.6 Å². The van der Waals surface area contributed by atoms with Crippen LogP contribution in [0.2, 0.25) is 0 Å². The molecule has 1 amide bonds. The summed E-state index contributed by atoms with van der Waals surface area (Å²) in [5.41, 5.74) is 8.25. The molecule has 116 valence electrons. The Morgan fingerprint density at radius 2 is 2.24 bits per heavy atom. The van der Waals surface area contributed by atoms with Crippen LogP contribution >= 0.6 is 0 Å². The fourth-order valence-corrected chi connectivity index (χ4v) is 2.48. The zero-order valence-electron chi connectivity index (χ0n) is 13.4. The van der Waals surface area contributed by atoms with E-state index < -0.39 is 6.10 Å². The molecular formula is C17H26N2O2. The molecule has 2 atom stereocenters. The highest BCUT2D eigenvalue weighted by Gasteiger charge is 2.24. The number of ether oxygens (including phenoxy) is 1. The number of carbonyl (C=O) groups is 1. The van der Waals surface area contributed by atoms with E-state index in [0.717, 1.165) is 25.0 Å². The van der Waals surface area contributed by atoms with Gasteiger partial charge in [-0.15, -0.1) is 0 Å². The number of amides is 1. The van der Waals surface area contributed by atoms with Gasteiger partial charge in [-0.25, -0.2) is 0 Å². The monoisotopic (exact) mass is 290 g/mol. The van der Waals surface area contributed by atoms with E-state index in [4.69, 9.17) is 10.5 Å². The number of rotatable bonds is 5. The molecule has 1 aromatic carbocycles. The van der Waals surface area contributed by atoms with Crippen molar-refractivity contribution in [3.8, 4) is 5.75 Å². The second-order valence-electron chi connectivity index (χ2n) is 6.49. The summed E-state index contributed by atoms with van der Waals surface area (Å²) < 4.78 is 5.77. The molecule has 4 nitrogen and oxygen atoms in total. The molecule has 1 aliphatic carbocycles. The predicted molar refractivity (Wildman–Crippen MR) is 84.3 cm³/mol. The van der Waals surface area contributed by atoms with Crippen LogP contribution in [0, 0.1) is 0 Å². The third-order valence-electron chi connectivity index (χ3n) is 4.27. The lowest BCUT2D eigenvalue weighted by molar-refractivity contribution is -0.128. The third-order valence-corrected chi connectivity index (χ3v) is 4.27. The number of aryl methyl sites for hydroxylation is 1. The molecule has 0 saturated heterocycles. The molecule has 0 heterocycles. The molecule has 0 spiro atoms. The number of nitrogens with one attached hydrogen (secondary N) is 1. The van der Waals surface area contributed by atoms with Gasteiger partial charge in [-0.3, -0.25) is 4.79 Å². The summed E-state index contributed by atoms with van der Waals surface area (Å²) in [4.78, 5) is 12.2. The Morgan fingerprint density at radius 1 is 1.52 bits per heavy atom. The Kier molecular flexibility index (Phi) is 4.57. The van der Waals surface area contributed by atoms with E-state index >= 15 is 0 Å². The lowest BCUT2D eigenvalue weighted by Crippen LogP contribution is -2.48. The highest BCUT2D eigenvalue weighted by atomic mass is 16.5. The Hall–Kier alpha value is -1.55. The molecule has 0 fully saturated rings. The Bertz CT molecular complexity index is 526. The smallest absolute Gasteiger partial charge is 0.261 e. The van der Waals surface area contributed by atoms with Crippen molar-refractivity contribution in [1.82, 2.24) is 5.32 Å². The van der Waals surface area contributed by atoms with E-state index in [0.29, 0.717) is 0 Å². The Labute approximate surface area is 127 Å². The lowest BCUT2D eigenvalue weighted by Gasteiger charge is -2.26. The van der Waals surface area contributed by atoms with Crippen LogP contribution in [0.3, 0.4) is 0 Å². The molecule has 0 saturated carbocycles. The van der Waals surface area contributed by atoms with Gasteiger partial charge in [0.1, 0.15) is 5.75 Å². The fourth-order valence-electron chi connectivity index (χ4n) is 2.48. The van der Waals surface area contributed by atoms with Gasteiger partial charge in [0.05, 0.1) is 0 Å². The largest absolute Gasteiger partial charge is 0.481 e. The summed E-state index contributed by atoms with van der Waals surface area (Å²) in [7, 11) is 0. The Morgan fingerprint density at radius 3 is 2.90 bits per heavy atom. The van der Waals surface area contributed by atoms with Crippen molar-refractivity contribution < 1.29 is 9.53 Å². The molecule has 1 unspecified atom stereocenters. The third kappa shape index (κ3) is 3.76. The molecule has 0 radical (unpaired) electrons. The van der Waals surface area contributed by atoms with Crippen LogP contribution in [0.15, 0.2) is 18.2 Å². The predicted octanol–water partition coefficient (Wildman–Crippen LogP) is 2.70. The van der Waals surface area contributed by atoms with Crippen molar-refractivity contribution in [2.75, 3.05) is 0 Å². The average Bonchev–Trinajstić information content (AvgIpc) is 2.79. The summed E-state index contributed by atoms with van der Waals surface area (Å²) in [5, 5.41) is 3.00. The first kappa shape index (κ1) is 15.8. The number of fused-ring (bicyclic) bond motifs is 1. The van der Waals surface area contributed by atoms with Crippen molar-refractivity contribution >= 4 is 5.91 Å². The minimum Gasteiger partial charge on any atom is -0.481 e. The van der Waals surface area contributed by atoms with Gasteiger partial charge in [-0.2, -0.15) is 0 Å². The molecule has 3 N–H and O–H groups in total. The number of benzene rings is 1. The summed E-state index contributed by atoms with van der Waals surface area (Å²) >= 11 is 0. The average molecular weight is 290 g/mol. The van der Waals surface area contributed by atoms with Crippen LogP contribution < -0.4 is 15.8 Å². The Balaban J connectivity index is 2.00. The van der Waals surface area contributed by atoms with E-state index in [2.05, 4.69) is 12.2 Å². The van der Waals surface area contributed by atoms with Crippen molar-refractivity contribution in [3.63, 3.8) is 0 Å². The topological polar surface area (TPSA) is 64.3 Å². The van der Waals surface area contributed by atoms with E-state index in [1.165, 1.54) is 11.1 Å². The summed E-state index contributed by atoms with van der Waals surface area (Å²) in [6.07, 6.45) is 2.34. The normalized spacial score (nSPS) is 19.0. The number of nitrogens with two attached hydrogens (primary N) is 1. The molecule has 1 aromatic rings. The zero-order valence-corrected chi connectivity index (χ0v) is 13.4. The molecule has 0 aromatic heterocycles. The van der Waals surface area contributed by atoms with E-state index in [-0.39, 0.29) is 17.5 Å². The van der Waals surface area contributed by atoms with Crippen LogP contribution in [-0.2, 0) is 11.2 Å². The van der Waals surface area contributed by atoms with Crippen molar-refractivity contribution in [2.45, 2.75) is 64.6 Å². The molecule has 0 bridgehead atoms. The van der Waals surface area contributed by atoms with Gasteiger partial charge >= 0.3 is 0 Å². The molecule has 2 rings (SSSR count). The highest BCUT2D eigenvalue weighted by molar-refractivity contribution is 5.81. The molecule has 1 aliphatic rings. The number of hydrogen-bond acceptors (Lipinski definition) is 3. The van der Waals surface area contributed by atoms with Gasteiger partial charge in [-0.1, -0.05) is 13.0 Å². The van der Waals surface area contributed by atoms with Crippen LogP contribution in [-0.4, -0.2) is 17.6 Å². The quantitative estimate of drug-likeness (QED) is 0.876. The highest BCUT2D eigenvalue weighted by Crippen LogP contribution is 2.32. The second-order valence-corrected chi connectivity index (χ2v) is 6.49. The minimum absolute atomic E-state index is 0.0842. The maximum Gasteiger partial charge on any atom is 0.261 e. The van der Waals surface area contributed by atoms with E-state index in [9.17, 15) is 4.79 Å². The standard InChI is InChI=1S/C17H26N2O2/c1-5-17(3,4)19-16(20)11(2)21-13-7-8-14-12(10-13)6-9-15(14)18/h7-8,10-11,15H,5-6,9,18H2,1-4H3,(H,19,20)/t11?,15-/m0/s1. The van der Waals surface area contributed by atoms with Crippen molar-refractivity contribution in [3.05, 3.63) is 29.3 Å². The van der Waals surface area contributed by atoms with Gasteiger partial charge in [0.15, 0.2) is 6.10 Å². The second kappa shape index (κ2) is 6.06. The molecule has 21 heavy (non-hydrogen) atoms. The maximum absolute atomic E-state index is 12.2. The van der Waals surface area contributed by atoms with Crippen LogP contribution in [0.25, 0.3) is 0 Å². The SMILES string of the molecule is CCC(C)(C)NC(=O)C(C)Oc1ccc2c(c1)CC[C@@H]2N. The molecule has 4 heteroatoms. The molecule has 0 aliphatic heterocycles. The number of carbonyl (C=O) groups excluding carboxylic acids is 1. The summed E-state index contributed by atoms with van der Waals surface area (Å²) in [6, 6.07) is 6.07. The number of hydrogen-bond donors (Lipinski definition) is 2. The fraction of sp³-hybridized carbons (Fsp3) is 0.588. The van der Waals surface area contributed by atoms with Crippen LogP contribution in [0.1, 0.15) is 57.7 Å². The first-order valence-electron chi connectivity index (χ1n) is 7.69. The van der Waals surface area contributed by atoms with Gasteiger partial charge in [0.2, 0.25) is 0 Å². The van der Waals surface area contributed by atoms with Crippen LogP contribution in [0.5, 0.6) is 5.75 Å². The van der Waals surface area contributed by atoms with Crippen molar-refractivity contribution in [1.29, 1.82) is 0 Å². The van der Waals surface area contributed by atoms with Gasteiger partial charge < -0.3 is 15.8 Å². The van der Waals surface area contributed by atoms with Crippen molar-refractivity contribution in [2.24, 2.45) is 5.73 Å². The summed E-state index contributed by atoms with van der Waals surface area (Å²) in [5.74, 6) is 0.652. The van der Waals surface area contributed by atoms with E-state index in [1.807, 2.05) is 32.0 Å². The minimum atomic E-state index is -0.510.